The summed E-state index contributed by atoms with van der Waals surface area (Å²) < 4.78 is 160. The van der Waals surface area contributed by atoms with Gasteiger partial charge in [0, 0.05) is 18.2 Å². The van der Waals surface area contributed by atoms with Gasteiger partial charge in [-0.3, -0.25) is 0 Å². The first-order chi connectivity index (χ1) is 15.6. The molecule has 15 heteroatoms. The summed E-state index contributed by atoms with van der Waals surface area (Å²) in [4.78, 5) is 0. The molecule has 3 rings (SSSR count). The minimum Gasteiger partial charge on any atom is -0.450 e. The van der Waals surface area contributed by atoms with E-state index in [1.54, 1.807) is 0 Å². The topological polar surface area (TPSA) is 70.5 Å². The number of nitrogens with two attached hydrogens (primary N) is 2. The highest BCUT2D eigenvalue weighted by Crippen LogP contribution is 2.46. The Morgan fingerprint density at radius 2 is 0.941 bits per heavy atom. The second kappa shape index (κ2) is 8.46. The fourth-order valence-corrected chi connectivity index (χ4v) is 2.58. The lowest BCUT2D eigenvalue weighted by molar-refractivity contribution is -0.141. The van der Waals surface area contributed by atoms with Crippen molar-refractivity contribution in [3.8, 4) is 23.0 Å². The van der Waals surface area contributed by atoms with E-state index in [9.17, 15) is 48.3 Å². The Morgan fingerprint density at radius 1 is 0.529 bits per heavy atom. The van der Waals surface area contributed by atoms with E-state index in [0.29, 0.717) is 0 Å². The SMILES string of the molecule is Nc1c(F)cc(F)c(Oc2cc(Oc3c(F)cc(F)c(N)c3F)c(C(F)(F)F)c(F)c2F)c1F. The molecule has 182 valence electrons. The number of rotatable bonds is 4. The lowest BCUT2D eigenvalue weighted by Crippen LogP contribution is -2.13. The molecule has 0 bridgehead atoms. The zero-order valence-corrected chi connectivity index (χ0v) is 15.9. The van der Waals surface area contributed by atoms with Crippen LogP contribution in [0.3, 0.4) is 0 Å². The van der Waals surface area contributed by atoms with Gasteiger partial charge in [-0.2, -0.15) is 17.6 Å². The highest BCUT2D eigenvalue weighted by Gasteiger charge is 2.42. The van der Waals surface area contributed by atoms with Crippen LogP contribution in [0.1, 0.15) is 5.56 Å². The molecule has 0 aromatic heterocycles. The van der Waals surface area contributed by atoms with Crippen molar-refractivity contribution >= 4 is 11.4 Å². The second-order valence-corrected chi connectivity index (χ2v) is 6.37. The highest BCUT2D eigenvalue weighted by atomic mass is 19.4. The van der Waals surface area contributed by atoms with Gasteiger partial charge in [0.2, 0.25) is 17.3 Å². The predicted octanol–water partition coefficient (Wildman–Crippen LogP) is 6.57. The molecule has 0 atom stereocenters. The molecule has 3 aromatic rings. The summed E-state index contributed by atoms with van der Waals surface area (Å²) in [6.07, 6.45) is -5.76. The molecule has 3 aromatic carbocycles. The quantitative estimate of drug-likeness (QED) is 0.312. The molecule has 0 aliphatic carbocycles. The number of nitrogen functional groups attached to an aromatic ring is 2. The van der Waals surface area contributed by atoms with Gasteiger partial charge in [-0.15, -0.1) is 0 Å². The Balaban J connectivity index is 2.24. The van der Waals surface area contributed by atoms with E-state index >= 15 is 0 Å². The Hall–Kier alpha value is -3.91. The van der Waals surface area contributed by atoms with Crippen LogP contribution in [0, 0.1) is 46.5 Å². The van der Waals surface area contributed by atoms with Crippen LogP contribution in [0.4, 0.5) is 59.7 Å². The van der Waals surface area contributed by atoms with Crippen molar-refractivity contribution in [3.05, 3.63) is 70.3 Å². The van der Waals surface area contributed by atoms with E-state index in [1.807, 2.05) is 0 Å². The molecule has 4 nitrogen and oxygen atoms in total. The smallest absolute Gasteiger partial charge is 0.422 e. The molecule has 0 aliphatic rings. The summed E-state index contributed by atoms with van der Waals surface area (Å²) in [5, 5.41) is 0. The summed E-state index contributed by atoms with van der Waals surface area (Å²) in [6, 6.07) is -0.280. The monoisotopic (exact) mass is 504 g/mol. The molecule has 4 N–H and O–H groups in total. The first-order valence-corrected chi connectivity index (χ1v) is 8.45. The number of hydrogen-bond donors (Lipinski definition) is 2. The number of anilines is 2. The highest BCUT2D eigenvalue weighted by molar-refractivity contribution is 5.54. The number of halogens is 11. The number of ether oxygens (including phenoxy) is 2. The molecule has 0 amide bonds. The Morgan fingerprint density at radius 3 is 1.35 bits per heavy atom. The fourth-order valence-electron chi connectivity index (χ4n) is 2.58. The molecular weight excluding hydrogens is 497 g/mol. The lowest BCUT2D eigenvalue weighted by atomic mass is 10.1. The third-order valence-electron chi connectivity index (χ3n) is 4.17. The molecule has 0 saturated heterocycles. The van der Waals surface area contributed by atoms with Gasteiger partial charge in [-0.05, 0) is 0 Å². The summed E-state index contributed by atoms with van der Waals surface area (Å²) >= 11 is 0. The molecule has 0 spiro atoms. The van der Waals surface area contributed by atoms with E-state index in [0.717, 1.165) is 0 Å². The van der Waals surface area contributed by atoms with Crippen LogP contribution in [0.2, 0.25) is 0 Å². The number of hydrogen-bond acceptors (Lipinski definition) is 4. The first-order valence-electron chi connectivity index (χ1n) is 8.45. The van der Waals surface area contributed by atoms with Gasteiger partial charge in [-0.25, -0.2) is 30.7 Å². The minimum absolute atomic E-state index is 0.0322. The van der Waals surface area contributed by atoms with Gasteiger partial charge < -0.3 is 20.9 Å². The molecular formula is C19H7F11N2O2. The summed E-state index contributed by atoms with van der Waals surface area (Å²) in [5.41, 5.74) is 4.66. The Kier molecular flexibility index (Phi) is 6.15. The van der Waals surface area contributed by atoms with Gasteiger partial charge in [-0.1, -0.05) is 0 Å². The van der Waals surface area contributed by atoms with E-state index in [2.05, 4.69) is 9.47 Å². The third-order valence-corrected chi connectivity index (χ3v) is 4.17. The van der Waals surface area contributed by atoms with Crippen molar-refractivity contribution in [2.45, 2.75) is 6.18 Å². The van der Waals surface area contributed by atoms with E-state index in [1.165, 1.54) is 0 Å². The second-order valence-electron chi connectivity index (χ2n) is 6.37. The van der Waals surface area contributed by atoms with Gasteiger partial charge in [0.25, 0.3) is 0 Å². The summed E-state index contributed by atoms with van der Waals surface area (Å²) in [5.74, 6) is -23.3. The van der Waals surface area contributed by atoms with Crippen LogP contribution < -0.4 is 20.9 Å². The Labute approximate surface area is 181 Å². The maximum atomic E-state index is 14.3. The maximum Gasteiger partial charge on any atom is 0.422 e. The average Bonchev–Trinajstić information content (AvgIpc) is 2.73. The van der Waals surface area contributed by atoms with E-state index in [4.69, 9.17) is 11.5 Å². The average molecular weight is 504 g/mol. The fraction of sp³-hybridized carbons (Fsp3) is 0.0526. The van der Waals surface area contributed by atoms with Crippen molar-refractivity contribution < 1.29 is 57.8 Å². The zero-order valence-electron chi connectivity index (χ0n) is 15.9. The summed E-state index contributed by atoms with van der Waals surface area (Å²) in [7, 11) is 0. The van der Waals surface area contributed by atoms with E-state index in [-0.39, 0.29) is 18.2 Å². The molecule has 0 unspecified atom stereocenters. The van der Waals surface area contributed by atoms with Crippen LogP contribution >= 0.6 is 0 Å². The van der Waals surface area contributed by atoms with Gasteiger partial charge in [0.05, 0.1) is 0 Å². The molecule has 0 heterocycles. The predicted molar refractivity (Wildman–Crippen MR) is 93.0 cm³/mol. The maximum absolute atomic E-state index is 14.3. The molecule has 0 saturated carbocycles. The third kappa shape index (κ3) is 4.20. The number of benzene rings is 3. The lowest BCUT2D eigenvalue weighted by Gasteiger charge is -2.18. The Bertz CT molecular complexity index is 1310. The van der Waals surface area contributed by atoms with Gasteiger partial charge in [0.15, 0.2) is 46.5 Å². The molecule has 0 radical (unpaired) electrons. The van der Waals surface area contributed by atoms with Crippen molar-refractivity contribution in [2.24, 2.45) is 0 Å². The minimum atomic E-state index is -5.76. The zero-order chi connectivity index (χ0) is 25.7. The van der Waals surface area contributed by atoms with Crippen molar-refractivity contribution in [1.29, 1.82) is 0 Å². The standard InChI is InChI=1S/C19H7F11N2O2/c20-4-1-6(22)17(13(26)15(4)31)33-8-3-9(11(24)12(25)10(8)19(28,29)30)34-18-7(23)2-5(21)16(32)14(18)27/h1-3H,31-32H2. The van der Waals surface area contributed by atoms with Crippen molar-refractivity contribution in [2.75, 3.05) is 11.5 Å². The first kappa shape index (κ1) is 24.7. The summed E-state index contributed by atoms with van der Waals surface area (Å²) in [6.45, 7) is 0. The van der Waals surface area contributed by atoms with Crippen molar-refractivity contribution in [3.63, 3.8) is 0 Å². The van der Waals surface area contributed by atoms with Crippen LogP contribution in [-0.2, 0) is 6.18 Å². The molecule has 0 aliphatic heterocycles. The van der Waals surface area contributed by atoms with Crippen LogP contribution in [0.15, 0.2) is 18.2 Å². The van der Waals surface area contributed by atoms with Crippen molar-refractivity contribution in [1.82, 2.24) is 0 Å². The largest absolute Gasteiger partial charge is 0.450 e. The van der Waals surface area contributed by atoms with Gasteiger partial charge >= 0.3 is 6.18 Å². The van der Waals surface area contributed by atoms with E-state index < -0.39 is 92.7 Å². The van der Waals surface area contributed by atoms with Crippen LogP contribution in [-0.4, -0.2) is 0 Å². The van der Waals surface area contributed by atoms with Gasteiger partial charge in [0.1, 0.15) is 22.7 Å². The number of alkyl halides is 3. The van der Waals surface area contributed by atoms with Crippen LogP contribution in [0.5, 0.6) is 23.0 Å². The normalized spacial score (nSPS) is 11.6. The molecule has 34 heavy (non-hydrogen) atoms. The van der Waals surface area contributed by atoms with Crippen LogP contribution in [0.25, 0.3) is 0 Å². The molecule has 0 fully saturated rings.